The Balaban J connectivity index is 3.39. The fourth-order valence-corrected chi connectivity index (χ4v) is 2.73. The Morgan fingerprint density at radius 1 is 0.970 bits per heavy atom. The van der Waals surface area contributed by atoms with Crippen molar-refractivity contribution in [3.8, 4) is 5.75 Å². The second-order valence-corrected chi connectivity index (χ2v) is 9.42. The molecule has 0 saturated heterocycles. The summed E-state index contributed by atoms with van der Waals surface area (Å²) >= 11 is 0. The van der Waals surface area contributed by atoms with Crippen molar-refractivity contribution in [3.05, 3.63) is 29.3 Å². The predicted octanol–water partition coefficient (Wildman–Crippen LogP) is 4.62. The summed E-state index contributed by atoms with van der Waals surface area (Å²) in [6.07, 6.45) is -2.04. The zero-order valence-electron chi connectivity index (χ0n) is 21.1. The normalized spacial score (nSPS) is 12.5. The number of hydrogen-bond acceptors (Lipinski definition) is 8. The first-order valence-electron chi connectivity index (χ1n) is 10.8. The van der Waals surface area contributed by atoms with E-state index in [-0.39, 0.29) is 13.2 Å². The van der Waals surface area contributed by atoms with Crippen molar-refractivity contribution >= 4 is 18.2 Å². The van der Waals surface area contributed by atoms with Crippen LogP contribution in [0.1, 0.15) is 59.6 Å². The lowest BCUT2D eigenvalue weighted by molar-refractivity contribution is -0.146. The number of methoxy groups -OCH3 is 1. The minimum Gasteiger partial charge on any atom is -0.468 e. The molecule has 1 aromatic rings. The second kappa shape index (κ2) is 11.9. The molecule has 0 aliphatic carbocycles. The van der Waals surface area contributed by atoms with Gasteiger partial charge in [0.1, 0.15) is 23.0 Å². The molecular formula is C24H37NO8. The molecule has 0 aliphatic heterocycles. The van der Waals surface area contributed by atoms with E-state index < -0.39 is 35.4 Å². The summed E-state index contributed by atoms with van der Waals surface area (Å²) in [4.78, 5) is 39.5. The van der Waals surface area contributed by atoms with Crippen LogP contribution in [0.15, 0.2) is 18.2 Å². The fourth-order valence-electron chi connectivity index (χ4n) is 2.73. The fraction of sp³-hybridized carbons (Fsp3) is 0.625. The van der Waals surface area contributed by atoms with E-state index in [1.807, 2.05) is 19.9 Å². The van der Waals surface area contributed by atoms with Crippen LogP contribution in [-0.2, 0) is 30.2 Å². The van der Waals surface area contributed by atoms with Crippen LogP contribution in [-0.4, -0.2) is 60.8 Å². The number of nitrogens with zero attached hydrogens (tertiary/aromatic N) is 1. The predicted molar refractivity (Wildman–Crippen MR) is 122 cm³/mol. The van der Waals surface area contributed by atoms with Crippen molar-refractivity contribution < 1.29 is 38.1 Å². The number of esters is 1. The van der Waals surface area contributed by atoms with Gasteiger partial charge in [0.15, 0.2) is 6.79 Å². The third-order valence-electron chi connectivity index (χ3n) is 4.21. The van der Waals surface area contributed by atoms with E-state index >= 15 is 0 Å². The summed E-state index contributed by atoms with van der Waals surface area (Å²) in [7, 11) is 1.19. The van der Waals surface area contributed by atoms with E-state index in [1.54, 1.807) is 53.7 Å². The van der Waals surface area contributed by atoms with Crippen LogP contribution in [0.2, 0.25) is 0 Å². The van der Waals surface area contributed by atoms with E-state index in [1.165, 1.54) is 7.11 Å². The minimum absolute atomic E-state index is 0.0250. The molecule has 0 aliphatic rings. The first kappa shape index (κ1) is 28.2. The average molecular weight is 468 g/mol. The number of carbonyl (C=O) groups excluding carboxylic acids is 3. The summed E-state index contributed by atoms with van der Waals surface area (Å²) in [5.41, 5.74) is -0.292. The van der Waals surface area contributed by atoms with Gasteiger partial charge in [-0.05, 0) is 78.6 Å². The molecule has 0 bridgehead atoms. The first-order valence-corrected chi connectivity index (χ1v) is 10.8. The second-order valence-electron chi connectivity index (χ2n) is 9.42. The van der Waals surface area contributed by atoms with Gasteiger partial charge < -0.3 is 23.7 Å². The summed E-state index contributed by atoms with van der Waals surface area (Å²) in [5.74, 6) is -0.263. The lowest BCUT2D eigenvalue weighted by Crippen LogP contribution is -2.53. The lowest BCUT2D eigenvalue weighted by atomic mass is 10.00. The molecular weight excluding hydrogens is 430 g/mol. The summed E-state index contributed by atoms with van der Waals surface area (Å²) in [5, 5.41) is 0. The van der Waals surface area contributed by atoms with Gasteiger partial charge >= 0.3 is 18.2 Å². The lowest BCUT2D eigenvalue weighted by Gasteiger charge is -2.32. The number of benzene rings is 1. The molecule has 0 aromatic heterocycles. The van der Waals surface area contributed by atoms with Crippen molar-refractivity contribution in [2.24, 2.45) is 0 Å². The summed E-state index contributed by atoms with van der Waals surface area (Å²) < 4.78 is 26.5. The zero-order chi connectivity index (χ0) is 25.4. The Bertz CT molecular complexity index is 795. The van der Waals surface area contributed by atoms with Crippen LogP contribution in [0.4, 0.5) is 9.59 Å². The highest BCUT2D eigenvalue weighted by Crippen LogP contribution is 2.24. The molecule has 0 fully saturated rings. The van der Waals surface area contributed by atoms with Gasteiger partial charge in [-0.25, -0.2) is 14.4 Å². The van der Waals surface area contributed by atoms with Crippen molar-refractivity contribution in [3.63, 3.8) is 0 Å². The van der Waals surface area contributed by atoms with Crippen LogP contribution < -0.4 is 4.74 Å². The van der Waals surface area contributed by atoms with Gasteiger partial charge in [0.2, 0.25) is 0 Å². The molecule has 33 heavy (non-hydrogen) atoms. The zero-order valence-corrected chi connectivity index (χ0v) is 21.1. The highest BCUT2D eigenvalue weighted by atomic mass is 16.7. The van der Waals surface area contributed by atoms with Gasteiger partial charge in [0, 0.05) is 13.0 Å². The molecule has 1 aromatic carbocycles. The van der Waals surface area contributed by atoms with Gasteiger partial charge in [-0.3, -0.25) is 0 Å². The summed E-state index contributed by atoms with van der Waals surface area (Å²) in [6.45, 7) is 14.2. The van der Waals surface area contributed by atoms with Crippen LogP contribution >= 0.6 is 0 Å². The number of ether oxygens (including phenoxy) is 5. The van der Waals surface area contributed by atoms with E-state index in [2.05, 4.69) is 0 Å². The molecule has 2 amide bonds. The topological polar surface area (TPSA) is 101 Å². The third kappa shape index (κ3) is 9.69. The maximum atomic E-state index is 13.0. The van der Waals surface area contributed by atoms with E-state index in [4.69, 9.17) is 23.7 Å². The Morgan fingerprint density at radius 2 is 1.52 bits per heavy atom. The Morgan fingerprint density at radius 3 is 1.97 bits per heavy atom. The summed E-state index contributed by atoms with van der Waals surface area (Å²) in [6, 6.07) is 3.99. The molecule has 0 radical (unpaired) electrons. The van der Waals surface area contributed by atoms with Gasteiger partial charge in [-0.2, -0.15) is 4.90 Å². The van der Waals surface area contributed by atoms with Gasteiger partial charge in [-0.1, -0.05) is 6.07 Å². The standard InChI is InChI=1S/C24H37NO8/c1-10-30-15-31-18-12-11-16(2)17(13-18)14-19(20(26)29-9)25(21(27)32-23(3,4)5)22(28)33-24(6,7)8/h11-13,19H,10,14-15H2,1-9H3/t19-/m0/s1. The van der Waals surface area contributed by atoms with Crippen LogP contribution in [0.25, 0.3) is 0 Å². The molecule has 9 heteroatoms. The molecule has 186 valence electrons. The Hall–Kier alpha value is -2.81. The number of amides is 2. The number of hydrogen-bond donors (Lipinski definition) is 0. The smallest absolute Gasteiger partial charge is 0.420 e. The molecule has 0 heterocycles. The average Bonchev–Trinajstić information content (AvgIpc) is 2.66. The van der Waals surface area contributed by atoms with Crippen molar-refractivity contribution in [2.45, 2.75) is 79.1 Å². The largest absolute Gasteiger partial charge is 0.468 e. The number of carbonyl (C=O) groups is 3. The van der Waals surface area contributed by atoms with Gasteiger partial charge in [0.05, 0.1) is 7.11 Å². The first-order chi connectivity index (χ1) is 15.2. The molecule has 0 spiro atoms. The maximum Gasteiger partial charge on any atom is 0.420 e. The Kier molecular flexibility index (Phi) is 10.2. The SMILES string of the molecule is CCOCOc1ccc(C)c(C[C@@H](C(=O)OC)N(C(=O)OC(C)(C)C)C(=O)OC(C)(C)C)c1. The van der Waals surface area contributed by atoms with Crippen molar-refractivity contribution in [2.75, 3.05) is 20.5 Å². The van der Waals surface area contributed by atoms with E-state index in [0.717, 1.165) is 5.56 Å². The molecule has 0 unspecified atom stereocenters. The number of aryl methyl sites for hydroxylation is 1. The van der Waals surface area contributed by atoms with E-state index in [0.29, 0.717) is 22.8 Å². The maximum absolute atomic E-state index is 13.0. The highest BCUT2D eigenvalue weighted by molar-refractivity contribution is 5.94. The molecule has 0 N–H and O–H groups in total. The van der Waals surface area contributed by atoms with Crippen LogP contribution in [0, 0.1) is 6.92 Å². The van der Waals surface area contributed by atoms with Crippen molar-refractivity contribution in [1.29, 1.82) is 0 Å². The van der Waals surface area contributed by atoms with E-state index in [9.17, 15) is 14.4 Å². The van der Waals surface area contributed by atoms with Gasteiger partial charge in [-0.15, -0.1) is 0 Å². The van der Waals surface area contributed by atoms with Gasteiger partial charge in [0.25, 0.3) is 0 Å². The highest BCUT2D eigenvalue weighted by Gasteiger charge is 2.41. The van der Waals surface area contributed by atoms with Crippen LogP contribution in [0.3, 0.4) is 0 Å². The quantitative estimate of drug-likeness (QED) is 0.236. The molecule has 0 saturated carbocycles. The van der Waals surface area contributed by atoms with Crippen LogP contribution in [0.5, 0.6) is 5.75 Å². The Labute approximate surface area is 196 Å². The van der Waals surface area contributed by atoms with Crippen molar-refractivity contribution in [1.82, 2.24) is 4.90 Å². The number of imide groups is 1. The molecule has 1 rings (SSSR count). The number of rotatable bonds is 8. The minimum atomic E-state index is -1.32. The third-order valence-corrected chi connectivity index (χ3v) is 4.21. The monoisotopic (exact) mass is 467 g/mol. The molecule has 9 nitrogen and oxygen atoms in total. The molecule has 1 atom stereocenters.